The molecular formula is C20H22N2O2. The minimum absolute atomic E-state index is 0.538. The van der Waals surface area contributed by atoms with Gasteiger partial charge in [-0.2, -0.15) is 0 Å². The van der Waals surface area contributed by atoms with Crippen molar-refractivity contribution in [1.82, 2.24) is 4.90 Å². The second kappa shape index (κ2) is 7.79. The molecular weight excluding hydrogens is 300 g/mol. The van der Waals surface area contributed by atoms with Crippen molar-refractivity contribution in [2.45, 2.75) is 6.42 Å². The summed E-state index contributed by atoms with van der Waals surface area (Å²) in [5, 5.41) is 0. The fourth-order valence-electron chi connectivity index (χ4n) is 2.41. The van der Waals surface area contributed by atoms with E-state index in [0.717, 1.165) is 30.0 Å². The largest absolute Gasteiger partial charge is 0.475 e. The summed E-state index contributed by atoms with van der Waals surface area (Å²) >= 11 is 0. The van der Waals surface area contributed by atoms with Crippen molar-refractivity contribution in [3.63, 3.8) is 0 Å². The van der Waals surface area contributed by atoms with Crippen LogP contribution in [0.15, 0.2) is 65.3 Å². The van der Waals surface area contributed by atoms with Crippen LogP contribution in [0.1, 0.15) is 12.0 Å². The van der Waals surface area contributed by atoms with Crippen LogP contribution in [0.2, 0.25) is 0 Å². The number of rotatable bonds is 5. The van der Waals surface area contributed by atoms with E-state index in [2.05, 4.69) is 24.0 Å². The molecule has 2 aromatic carbocycles. The van der Waals surface area contributed by atoms with Crippen LogP contribution in [0.3, 0.4) is 0 Å². The molecule has 3 rings (SSSR count). The van der Waals surface area contributed by atoms with Gasteiger partial charge in [0.1, 0.15) is 5.69 Å². The maximum absolute atomic E-state index is 6.02. The van der Waals surface area contributed by atoms with Gasteiger partial charge in [0.15, 0.2) is 11.5 Å². The number of benzene rings is 2. The monoisotopic (exact) mass is 322 g/mol. The third kappa shape index (κ3) is 4.24. The van der Waals surface area contributed by atoms with Crippen molar-refractivity contribution in [2.24, 2.45) is 4.99 Å². The van der Waals surface area contributed by atoms with Gasteiger partial charge in [-0.25, -0.2) is 4.99 Å². The van der Waals surface area contributed by atoms with Crippen molar-refractivity contribution in [2.75, 3.05) is 27.2 Å². The number of fused-ring (bicyclic) bond motifs is 1. The molecule has 0 amide bonds. The lowest BCUT2D eigenvalue weighted by atomic mass is 10.2. The summed E-state index contributed by atoms with van der Waals surface area (Å²) < 4.78 is 11.9. The number of hydrogen-bond acceptors (Lipinski definition) is 4. The number of para-hydroxylation sites is 2. The zero-order valence-corrected chi connectivity index (χ0v) is 14.1. The Labute approximate surface area is 143 Å². The molecule has 0 atom stereocenters. The van der Waals surface area contributed by atoms with Crippen LogP contribution in [0.5, 0.6) is 5.75 Å². The molecule has 0 saturated heterocycles. The fourth-order valence-corrected chi connectivity index (χ4v) is 2.41. The quantitative estimate of drug-likeness (QED) is 0.777. The lowest BCUT2D eigenvalue weighted by molar-refractivity contribution is 0.259. The highest BCUT2D eigenvalue weighted by molar-refractivity contribution is 5.99. The highest BCUT2D eigenvalue weighted by Gasteiger charge is 2.20. The van der Waals surface area contributed by atoms with Gasteiger partial charge in [0.25, 0.3) is 5.90 Å². The Balaban J connectivity index is 1.82. The van der Waals surface area contributed by atoms with Gasteiger partial charge in [-0.15, -0.1) is 0 Å². The van der Waals surface area contributed by atoms with E-state index in [9.17, 15) is 0 Å². The van der Waals surface area contributed by atoms with Gasteiger partial charge in [0, 0.05) is 6.54 Å². The molecule has 24 heavy (non-hydrogen) atoms. The summed E-state index contributed by atoms with van der Waals surface area (Å²) in [5.41, 5.74) is 1.85. The minimum Gasteiger partial charge on any atom is -0.475 e. The first-order valence-electron chi connectivity index (χ1n) is 8.12. The van der Waals surface area contributed by atoms with E-state index in [1.165, 1.54) is 0 Å². The van der Waals surface area contributed by atoms with Crippen molar-refractivity contribution in [1.29, 1.82) is 0 Å². The predicted octanol–water partition coefficient (Wildman–Crippen LogP) is 4.12. The summed E-state index contributed by atoms with van der Waals surface area (Å²) in [6.07, 6.45) is 2.90. The highest BCUT2D eigenvalue weighted by atomic mass is 16.5. The van der Waals surface area contributed by atoms with Gasteiger partial charge >= 0.3 is 0 Å². The standard InChI is InChI=1S/C20H22N2O2/c1-22(2)13-8-14-23-20-19(15-16-9-4-3-5-10-16)24-18-12-7-6-11-17(18)21-20/h3-7,9-12,15H,8,13-14H2,1-2H3/b19-15+. The molecule has 4 nitrogen and oxygen atoms in total. The zero-order valence-electron chi connectivity index (χ0n) is 14.1. The molecule has 0 radical (unpaired) electrons. The molecule has 0 aliphatic carbocycles. The third-order valence-corrected chi connectivity index (χ3v) is 3.60. The molecule has 0 N–H and O–H groups in total. The topological polar surface area (TPSA) is 34.1 Å². The van der Waals surface area contributed by atoms with E-state index >= 15 is 0 Å². The Morgan fingerprint density at radius 1 is 1.04 bits per heavy atom. The summed E-state index contributed by atoms with van der Waals surface area (Å²) in [4.78, 5) is 6.76. The first kappa shape index (κ1) is 16.3. The minimum atomic E-state index is 0.538. The fraction of sp³-hybridized carbons (Fsp3) is 0.250. The van der Waals surface area contributed by atoms with Crippen molar-refractivity contribution in [3.8, 4) is 5.75 Å². The normalized spacial score (nSPS) is 15.0. The summed E-state index contributed by atoms with van der Waals surface area (Å²) in [7, 11) is 4.11. The average Bonchev–Trinajstić information content (AvgIpc) is 2.59. The van der Waals surface area contributed by atoms with Gasteiger partial charge < -0.3 is 14.4 Å². The maximum Gasteiger partial charge on any atom is 0.258 e. The second-order valence-corrected chi connectivity index (χ2v) is 5.91. The Kier molecular flexibility index (Phi) is 5.29. The SMILES string of the molecule is CN(C)CCCOC1=Nc2ccccc2O/C1=C/c1ccccc1. The number of ether oxygens (including phenoxy) is 2. The van der Waals surface area contributed by atoms with Crippen LogP contribution in [0.4, 0.5) is 5.69 Å². The molecule has 4 heteroatoms. The predicted molar refractivity (Wildman–Crippen MR) is 97.7 cm³/mol. The summed E-state index contributed by atoms with van der Waals surface area (Å²) in [5.74, 6) is 1.93. The number of nitrogens with zero attached hydrogens (tertiary/aromatic N) is 2. The van der Waals surface area contributed by atoms with Crippen molar-refractivity contribution >= 4 is 17.7 Å². The zero-order chi connectivity index (χ0) is 16.8. The van der Waals surface area contributed by atoms with Gasteiger partial charge in [0.2, 0.25) is 0 Å². The third-order valence-electron chi connectivity index (χ3n) is 3.60. The van der Waals surface area contributed by atoms with Gasteiger partial charge in [-0.1, -0.05) is 42.5 Å². The molecule has 2 aromatic rings. The van der Waals surface area contributed by atoms with E-state index < -0.39 is 0 Å². The van der Waals surface area contributed by atoms with Crippen molar-refractivity contribution in [3.05, 3.63) is 65.9 Å². The molecule has 0 bridgehead atoms. The molecule has 1 aliphatic rings. The van der Waals surface area contributed by atoms with E-state index in [0.29, 0.717) is 18.3 Å². The maximum atomic E-state index is 6.02. The van der Waals surface area contributed by atoms with Gasteiger partial charge in [0.05, 0.1) is 6.61 Å². The summed E-state index contributed by atoms with van der Waals surface area (Å²) in [6.45, 7) is 1.58. The molecule has 0 spiro atoms. The van der Waals surface area contributed by atoms with E-state index in [1.807, 2.05) is 60.7 Å². The van der Waals surface area contributed by atoms with Crippen LogP contribution in [0, 0.1) is 0 Å². The molecule has 1 heterocycles. The van der Waals surface area contributed by atoms with Crippen LogP contribution in [-0.2, 0) is 4.74 Å². The molecule has 0 aromatic heterocycles. The van der Waals surface area contributed by atoms with E-state index in [1.54, 1.807) is 0 Å². The Bertz CT molecular complexity index is 736. The first-order valence-corrected chi connectivity index (χ1v) is 8.12. The Hall–Kier alpha value is -2.59. The lowest BCUT2D eigenvalue weighted by Gasteiger charge is -2.20. The first-order chi connectivity index (χ1) is 11.7. The van der Waals surface area contributed by atoms with Gasteiger partial charge in [-0.05, 0) is 44.3 Å². The van der Waals surface area contributed by atoms with E-state index in [4.69, 9.17) is 9.47 Å². The smallest absolute Gasteiger partial charge is 0.258 e. The van der Waals surface area contributed by atoms with Crippen molar-refractivity contribution < 1.29 is 9.47 Å². The van der Waals surface area contributed by atoms with Gasteiger partial charge in [-0.3, -0.25) is 0 Å². The molecule has 124 valence electrons. The molecule has 0 saturated carbocycles. The molecule has 0 fully saturated rings. The second-order valence-electron chi connectivity index (χ2n) is 5.91. The Morgan fingerprint density at radius 2 is 1.79 bits per heavy atom. The molecule has 1 aliphatic heterocycles. The number of aliphatic imine (C=N–C) groups is 1. The molecule has 0 unspecified atom stereocenters. The number of hydrogen-bond donors (Lipinski definition) is 0. The van der Waals surface area contributed by atoms with Crippen LogP contribution in [-0.4, -0.2) is 38.0 Å². The van der Waals surface area contributed by atoms with Crippen LogP contribution in [0.25, 0.3) is 6.08 Å². The summed E-state index contributed by atoms with van der Waals surface area (Å²) in [6, 6.07) is 17.8. The van der Waals surface area contributed by atoms with Crippen LogP contribution >= 0.6 is 0 Å². The average molecular weight is 322 g/mol. The van der Waals surface area contributed by atoms with Crippen LogP contribution < -0.4 is 4.74 Å². The van der Waals surface area contributed by atoms with E-state index in [-0.39, 0.29) is 0 Å². The Morgan fingerprint density at radius 3 is 2.58 bits per heavy atom. The lowest BCUT2D eigenvalue weighted by Crippen LogP contribution is -2.19. The highest BCUT2D eigenvalue weighted by Crippen LogP contribution is 2.34.